The number of hydrogen-bond acceptors (Lipinski definition) is 4. The Hall–Kier alpha value is -1.26. The number of nitrogens with one attached hydrogen (secondary N) is 1. The summed E-state index contributed by atoms with van der Waals surface area (Å²) in [7, 11) is 0. The summed E-state index contributed by atoms with van der Waals surface area (Å²) in [6.07, 6.45) is 0.893. The Morgan fingerprint density at radius 2 is 2.29 bits per heavy atom. The van der Waals surface area contributed by atoms with Gasteiger partial charge in [-0.2, -0.15) is 0 Å². The van der Waals surface area contributed by atoms with Gasteiger partial charge in [0.05, 0.1) is 21.4 Å². The Labute approximate surface area is 110 Å². The molecule has 0 amide bonds. The molecule has 2 rings (SSSR count). The van der Waals surface area contributed by atoms with Gasteiger partial charge in [-0.05, 0) is 19.1 Å². The molecule has 0 bridgehead atoms. The molecule has 2 aromatic rings. The first kappa shape index (κ1) is 12.2. The molecule has 0 saturated heterocycles. The van der Waals surface area contributed by atoms with Crippen molar-refractivity contribution in [1.82, 2.24) is 4.98 Å². The van der Waals surface area contributed by atoms with E-state index < -0.39 is 0 Å². The molecule has 0 radical (unpaired) electrons. The highest BCUT2D eigenvalue weighted by Gasteiger charge is 2.03. The smallest absolute Gasteiger partial charge is 0.0945 e. The van der Waals surface area contributed by atoms with Crippen molar-refractivity contribution in [2.75, 3.05) is 17.6 Å². The van der Waals surface area contributed by atoms with Crippen LogP contribution in [0, 0.1) is 6.92 Å². The van der Waals surface area contributed by atoms with E-state index in [0.29, 0.717) is 10.7 Å². The molecule has 0 spiro atoms. The van der Waals surface area contributed by atoms with Crippen LogP contribution in [0.2, 0.25) is 5.02 Å². The zero-order valence-electron chi connectivity index (χ0n) is 9.53. The molecule has 1 heterocycles. The average Bonchev–Trinajstić information content (AvgIpc) is 2.70. The van der Waals surface area contributed by atoms with Crippen molar-refractivity contribution in [3.05, 3.63) is 39.3 Å². The summed E-state index contributed by atoms with van der Waals surface area (Å²) in [5.74, 6) is 0. The van der Waals surface area contributed by atoms with E-state index in [9.17, 15) is 0 Å². The number of halogens is 1. The highest BCUT2D eigenvalue weighted by Crippen LogP contribution is 2.26. The molecule has 90 valence electrons. The second-order valence-electron chi connectivity index (χ2n) is 3.76. The zero-order valence-corrected chi connectivity index (χ0v) is 11.1. The summed E-state index contributed by atoms with van der Waals surface area (Å²) in [6, 6.07) is 5.59. The van der Waals surface area contributed by atoms with Crippen LogP contribution in [0.25, 0.3) is 0 Å². The molecule has 5 heteroatoms. The summed E-state index contributed by atoms with van der Waals surface area (Å²) >= 11 is 7.62. The van der Waals surface area contributed by atoms with Gasteiger partial charge in [0.2, 0.25) is 0 Å². The van der Waals surface area contributed by atoms with Gasteiger partial charge in [-0.25, -0.2) is 4.98 Å². The Kier molecular flexibility index (Phi) is 3.86. The van der Waals surface area contributed by atoms with E-state index in [0.717, 1.165) is 29.4 Å². The van der Waals surface area contributed by atoms with Crippen LogP contribution < -0.4 is 11.1 Å². The number of anilines is 2. The first-order valence-electron chi connectivity index (χ1n) is 5.35. The van der Waals surface area contributed by atoms with Crippen molar-refractivity contribution >= 4 is 34.3 Å². The Balaban J connectivity index is 1.92. The lowest BCUT2D eigenvalue weighted by atomic mass is 10.2. The number of aromatic nitrogens is 1. The van der Waals surface area contributed by atoms with Crippen LogP contribution in [-0.4, -0.2) is 11.5 Å². The molecule has 0 atom stereocenters. The zero-order chi connectivity index (χ0) is 12.3. The van der Waals surface area contributed by atoms with Crippen molar-refractivity contribution in [3.8, 4) is 0 Å². The monoisotopic (exact) mass is 267 g/mol. The van der Waals surface area contributed by atoms with Gasteiger partial charge in [-0.1, -0.05) is 17.7 Å². The molecule has 1 aromatic carbocycles. The van der Waals surface area contributed by atoms with Crippen LogP contribution in [0.5, 0.6) is 0 Å². The normalized spacial score (nSPS) is 10.5. The predicted molar refractivity (Wildman–Crippen MR) is 74.9 cm³/mol. The molecule has 3 nitrogen and oxygen atoms in total. The highest BCUT2D eigenvalue weighted by molar-refractivity contribution is 7.09. The minimum atomic E-state index is 0.583. The van der Waals surface area contributed by atoms with Gasteiger partial charge in [0.1, 0.15) is 0 Å². The summed E-state index contributed by atoms with van der Waals surface area (Å²) < 4.78 is 0. The SMILES string of the molecule is Cc1csc(CCNc2cccc(Cl)c2N)n1. The topological polar surface area (TPSA) is 50.9 Å². The summed E-state index contributed by atoms with van der Waals surface area (Å²) in [5.41, 5.74) is 8.42. The van der Waals surface area contributed by atoms with E-state index in [4.69, 9.17) is 17.3 Å². The number of nitrogen functional groups attached to an aromatic ring is 1. The van der Waals surface area contributed by atoms with Crippen LogP contribution in [0.3, 0.4) is 0 Å². The van der Waals surface area contributed by atoms with Gasteiger partial charge in [0, 0.05) is 24.0 Å². The van der Waals surface area contributed by atoms with E-state index >= 15 is 0 Å². The van der Waals surface area contributed by atoms with Gasteiger partial charge in [-0.3, -0.25) is 0 Å². The molecule has 0 aliphatic heterocycles. The number of nitrogens with two attached hydrogens (primary N) is 1. The third-order valence-corrected chi connectivity index (χ3v) is 3.73. The molecule has 17 heavy (non-hydrogen) atoms. The lowest BCUT2D eigenvalue weighted by Gasteiger charge is -2.09. The van der Waals surface area contributed by atoms with Crippen LogP contribution in [0.15, 0.2) is 23.6 Å². The fourth-order valence-electron chi connectivity index (χ4n) is 1.51. The summed E-state index contributed by atoms with van der Waals surface area (Å²) in [5, 5.41) is 7.05. The largest absolute Gasteiger partial charge is 0.396 e. The Bertz CT molecular complexity index is 510. The van der Waals surface area contributed by atoms with E-state index in [1.807, 2.05) is 19.1 Å². The van der Waals surface area contributed by atoms with E-state index in [1.54, 1.807) is 17.4 Å². The number of thiazole rings is 1. The van der Waals surface area contributed by atoms with Crippen LogP contribution in [-0.2, 0) is 6.42 Å². The molecule has 0 aliphatic carbocycles. The minimum Gasteiger partial charge on any atom is -0.396 e. The van der Waals surface area contributed by atoms with Crippen LogP contribution in [0.1, 0.15) is 10.7 Å². The predicted octanol–water partition coefficient (Wildman–Crippen LogP) is 3.34. The quantitative estimate of drug-likeness (QED) is 0.836. The lowest BCUT2D eigenvalue weighted by molar-refractivity contribution is 0.987. The molecular formula is C12H14ClN3S. The van der Waals surface area contributed by atoms with Gasteiger partial charge < -0.3 is 11.1 Å². The highest BCUT2D eigenvalue weighted by atomic mass is 35.5. The molecule has 3 N–H and O–H groups in total. The first-order valence-corrected chi connectivity index (χ1v) is 6.61. The maximum absolute atomic E-state index is 5.94. The standard InChI is InChI=1S/C12H14ClN3S/c1-8-7-17-11(16-8)5-6-15-10-4-2-3-9(13)12(10)14/h2-4,7,15H,5-6,14H2,1H3. The van der Waals surface area contributed by atoms with Gasteiger partial charge in [0.15, 0.2) is 0 Å². The van der Waals surface area contributed by atoms with Crippen molar-refractivity contribution in [1.29, 1.82) is 0 Å². The molecular weight excluding hydrogens is 254 g/mol. The lowest BCUT2D eigenvalue weighted by Crippen LogP contribution is -2.06. The second-order valence-corrected chi connectivity index (χ2v) is 5.11. The molecule has 1 aromatic heterocycles. The summed E-state index contributed by atoms with van der Waals surface area (Å²) in [4.78, 5) is 4.40. The second kappa shape index (κ2) is 5.38. The van der Waals surface area contributed by atoms with Crippen molar-refractivity contribution < 1.29 is 0 Å². The first-order chi connectivity index (χ1) is 8.16. The van der Waals surface area contributed by atoms with Crippen molar-refractivity contribution in [3.63, 3.8) is 0 Å². The Morgan fingerprint density at radius 3 is 3.00 bits per heavy atom. The third-order valence-electron chi connectivity index (χ3n) is 2.37. The summed E-state index contributed by atoms with van der Waals surface area (Å²) in [6.45, 7) is 2.81. The Morgan fingerprint density at radius 1 is 1.47 bits per heavy atom. The van der Waals surface area contributed by atoms with Gasteiger partial charge in [0.25, 0.3) is 0 Å². The van der Waals surface area contributed by atoms with Crippen molar-refractivity contribution in [2.24, 2.45) is 0 Å². The fourth-order valence-corrected chi connectivity index (χ4v) is 2.46. The van der Waals surface area contributed by atoms with E-state index in [1.165, 1.54) is 0 Å². The number of hydrogen-bond donors (Lipinski definition) is 2. The van der Waals surface area contributed by atoms with E-state index in [2.05, 4.69) is 15.7 Å². The van der Waals surface area contributed by atoms with E-state index in [-0.39, 0.29) is 0 Å². The maximum Gasteiger partial charge on any atom is 0.0945 e. The molecule has 0 unspecified atom stereocenters. The van der Waals surface area contributed by atoms with Crippen LogP contribution in [0.4, 0.5) is 11.4 Å². The van der Waals surface area contributed by atoms with Gasteiger partial charge >= 0.3 is 0 Å². The molecule has 0 aliphatic rings. The van der Waals surface area contributed by atoms with Gasteiger partial charge in [-0.15, -0.1) is 11.3 Å². The minimum absolute atomic E-state index is 0.583. The van der Waals surface area contributed by atoms with Crippen molar-refractivity contribution in [2.45, 2.75) is 13.3 Å². The molecule has 0 fully saturated rings. The number of nitrogens with zero attached hydrogens (tertiary/aromatic N) is 1. The third kappa shape index (κ3) is 3.11. The molecule has 0 saturated carbocycles. The number of benzene rings is 1. The number of rotatable bonds is 4. The number of aryl methyl sites for hydroxylation is 1. The van der Waals surface area contributed by atoms with Crippen LogP contribution >= 0.6 is 22.9 Å². The number of para-hydroxylation sites is 1. The fraction of sp³-hybridized carbons (Fsp3) is 0.250. The average molecular weight is 268 g/mol. The maximum atomic E-state index is 5.94.